The van der Waals surface area contributed by atoms with E-state index < -0.39 is 11.4 Å². The summed E-state index contributed by atoms with van der Waals surface area (Å²) in [7, 11) is 0. The molecule has 3 rings (SSSR count). The molecule has 3 N–H and O–H groups in total. The summed E-state index contributed by atoms with van der Waals surface area (Å²) in [5.74, 6) is -0.260. The summed E-state index contributed by atoms with van der Waals surface area (Å²) in [6, 6.07) is 1.20. The van der Waals surface area contributed by atoms with E-state index in [1.165, 1.54) is 12.8 Å². The van der Waals surface area contributed by atoms with E-state index in [0.29, 0.717) is 43.8 Å². The molecule has 2 atom stereocenters. The standard InChI is InChI=1S/C15H24N2O3/c18-13(16-9-15(14(19)20)4-1-5-15)8-10-6-11-2-3-12(7-10)17-11/h10-12,17H,1-9H2,(H,16,18)(H,19,20). The van der Waals surface area contributed by atoms with Crippen LogP contribution in [0.3, 0.4) is 0 Å². The van der Waals surface area contributed by atoms with Crippen LogP contribution in [0, 0.1) is 11.3 Å². The normalized spacial score (nSPS) is 34.3. The second kappa shape index (κ2) is 5.35. The molecule has 2 bridgehead atoms. The third kappa shape index (κ3) is 2.68. The highest BCUT2D eigenvalue weighted by atomic mass is 16.4. The number of carbonyl (C=O) groups is 2. The molecule has 2 heterocycles. The van der Waals surface area contributed by atoms with Crippen LogP contribution in [0.5, 0.6) is 0 Å². The Labute approximate surface area is 119 Å². The van der Waals surface area contributed by atoms with Crippen molar-refractivity contribution in [3.63, 3.8) is 0 Å². The highest BCUT2D eigenvalue weighted by molar-refractivity contribution is 5.79. The smallest absolute Gasteiger partial charge is 0.311 e. The van der Waals surface area contributed by atoms with Crippen molar-refractivity contribution in [2.24, 2.45) is 11.3 Å². The first-order chi connectivity index (χ1) is 9.57. The van der Waals surface area contributed by atoms with Crippen LogP contribution in [0.2, 0.25) is 0 Å². The van der Waals surface area contributed by atoms with Gasteiger partial charge in [-0.15, -0.1) is 0 Å². The van der Waals surface area contributed by atoms with Crippen molar-refractivity contribution in [2.75, 3.05) is 6.54 Å². The van der Waals surface area contributed by atoms with Gasteiger partial charge in [-0.3, -0.25) is 9.59 Å². The topological polar surface area (TPSA) is 78.4 Å². The summed E-state index contributed by atoms with van der Waals surface area (Å²) in [5.41, 5.74) is -0.678. The van der Waals surface area contributed by atoms with Gasteiger partial charge in [0, 0.05) is 25.0 Å². The van der Waals surface area contributed by atoms with Crippen LogP contribution in [0.4, 0.5) is 0 Å². The minimum absolute atomic E-state index is 0.0313. The lowest BCUT2D eigenvalue weighted by atomic mass is 9.69. The number of hydrogen-bond donors (Lipinski definition) is 3. The number of fused-ring (bicyclic) bond motifs is 2. The van der Waals surface area contributed by atoms with Crippen LogP contribution >= 0.6 is 0 Å². The number of nitrogens with one attached hydrogen (secondary N) is 2. The highest BCUT2D eigenvalue weighted by Gasteiger charge is 2.44. The van der Waals surface area contributed by atoms with Gasteiger partial charge in [0.15, 0.2) is 0 Å². The molecule has 3 fully saturated rings. The lowest BCUT2D eigenvalue weighted by molar-refractivity contribution is -0.154. The van der Waals surface area contributed by atoms with Crippen molar-refractivity contribution >= 4 is 11.9 Å². The van der Waals surface area contributed by atoms with E-state index in [1.54, 1.807) is 0 Å². The zero-order valence-corrected chi connectivity index (χ0v) is 11.9. The van der Waals surface area contributed by atoms with Crippen LogP contribution in [0.25, 0.3) is 0 Å². The zero-order chi connectivity index (χ0) is 14.2. The fraction of sp³-hybridized carbons (Fsp3) is 0.867. The Kier molecular flexibility index (Phi) is 3.71. The number of carboxylic acids is 1. The van der Waals surface area contributed by atoms with Crippen LogP contribution in [0.1, 0.15) is 51.4 Å². The number of rotatable bonds is 5. The van der Waals surface area contributed by atoms with E-state index in [4.69, 9.17) is 0 Å². The minimum Gasteiger partial charge on any atom is -0.481 e. The van der Waals surface area contributed by atoms with Gasteiger partial charge < -0.3 is 15.7 Å². The van der Waals surface area contributed by atoms with E-state index in [-0.39, 0.29) is 5.91 Å². The Bertz CT molecular complexity index is 394. The molecule has 1 amide bonds. The van der Waals surface area contributed by atoms with Crippen molar-refractivity contribution in [2.45, 2.75) is 63.5 Å². The first kappa shape index (κ1) is 13.9. The number of carboxylic acid groups (broad SMARTS) is 1. The van der Waals surface area contributed by atoms with Gasteiger partial charge in [0.25, 0.3) is 0 Å². The molecule has 5 heteroatoms. The molecule has 20 heavy (non-hydrogen) atoms. The number of hydrogen-bond acceptors (Lipinski definition) is 3. The Balaban J connectivity index is 1.44. The molecule has 2 aliphatic heterocycles. The summed E-state index contributed by atoms with van der Waals surface area (Å²) in [6.45, 7) is 0.305. The number of aliphatic carboxylic acids is 1. The molecule has 2 saturated heterocycles. The summed E-state index contributed by atoms with van der Waals surface area (Å²) < 4.78 is 0. The van der Waals surface area contributed by atoms with Gasteiger partial charge in [0.1, 0.15) is 0 Å². The van der Waals surface area contributed by atoms with Crippen molar-refractivity contribution in [3.05, 3.63) is 0 Å². The van der Waals surface area contributed by atoms with Gasteiger partial charge in [-0.05, 0) is 44.4 Å². The Morgan fingerprint density at radius 3 is 2.35 bits per heavy atom. The molecule has 0 aromatic rings. The average Bonchev–Trinajstić information content (AvgIpc) is 2.67. The first-order valence-corrected chi connectivity index (χ1v) is 7.83. The number of piperidine rings is 1. The zero-order valence-electron chi connectivity index (χ0n) is 11.9. The fourth-order valence-corrected chi connectivity index (χ4v) is 4.01. The third-order valence-electron chi connectivity index (χ3n) is 5.43. The SMILES string of the molecule is O=C(CC1CC2CCC(C1)N2)NCC1(C(=O)O)CCC1. The average molecular weight is 280 g/mol. The molecule has 0 radical (unpaired) electrons. The Hall–Kier alpha value is -1.10. The van der Waals surface area contributed by atoms with Crippen molar-refractivity contribution < 1.29 is 14.7 Å². The maximum absolute atomic E-state index is 12.0. The molecule has 1 saturated carbocycles. The van der Waals surface area contributed by atoms with E-state index in [0.717, 1.165) is 19.3 Å². The quantitative estimate of drug-likeness (QED) is 0.709. The highest BCUT2D eigenvalue weighted by Crippen LogP contribution is 2.40. The van der Waals surface area contributed by atoms with Crippen LogP contribution in [0.15, 0.2) is 0 Å². The summed E-state index contributed by atoms with van der Waals surface area (Å²) >= 11 is 0. The lowest BCUT2D eigenvalue weighted by Gasteiger charge is -2.37. The van der Waals surface area contributed by atoms with Crippen LogP contribution < -0.4 is 10.6 Å². The van der Waals surface area contributed by atoms with Crippen LogP contribution in [-0.2, 0) is 9.59 Å². The van der Waals surface area contributed by atoms with Gasteiger partial charge in [-0.2, -0.15) is 0 Å². The second-order valence-electron chi connectivity index (χ2n) is 6.90. The fourth-order valence-electron chi connectivity index (χ4n) is 4.01. The molecule has 3 aliphatic rings. The molecule has 0 spiro atoms. The van der Waals surface area contributed by atoms with E-state index in [9.17, 15) is 14.7 Å². The molecule has 112 valence electrons. The van der Waals surface area contributed by atoms with Crippen molar-refractivity contribution in [1.29, 1.82) is 0 Å². The summed E-state index contributed by atoms with van der Waals surface area (Å²) in [6.07, 6.45) is 7.57. The van der Waals surface area contributed by atoms with E-state index in [1.807, 2.05) is 0 Å². The minimum atomic E-state index is -0.760. The molecule has 0 aromatic carbocycles. The largest absolute Gasteiger partial charge is 0.481 e. The second-order valence-corrected chi connectivity index (χ2v) is 6.90. The Morgan fingerprint density at radius 1 is 1.20 bits per heavy atom. The van der Waals surface area contributed by atoms with Gasteiger partial charge in [-0.1, -0.05) is 6.42 Å². The van der Waals surface area contributed by atoms with Crippen LogP contribution in [-0.4, -0.2) is 35.6 Å². The maximum Gasteiger partial charge on any atom is 0.311 e. The predicted molar refractivity (Wildman–Crippen MR) is 74.2 cm³/mol. The number of amides is 1. The third-order valence-corrected chi connectivity index (χ3v) is 5.43. The molecule has 0 aromatic heterocycles. The Morgan fingerprint density at radius 2 is 1.85 bits per heavy atom. The molecular formula is C15H24N2O3. The van der Waals surface area contributed by atoms with E-state index in [2.05, 4.69) is 10.6 Å². The first-order valence-electron chi connectivity index (χ1n) is 7.83. The van der Waals surface area contributed by atoms with Crippen molar-refractivity contribution in [1.82, 2.24) is 10.6 Å². The molecular weight excluding hydrogens is 256 g/mol. The molecule has 1 aliphatic carbocycles. The molecule has 2 unspecified atom stereocenters. The van der Waals surface area contributed by atoms with Gasteiger partial charge >= 0.3 is 5.97 Å². The van der Waals surface area contributed by atoms with Gasteiger partial charge in [0.2, 0.25) is 5.91 Å². The lowest BCUT2D eigenvalue weighted by Crippen LogP contribution is -2.48. The maximum atomic E-state index is 12.0. The predicted octanol–water partition coefficient (Wildman–Crippen LogP) is 1.28. The van der Waals surface area contributed by atoms with Crippen molar-refractivity contribution in [3.8, 4) is 0 Å². The monoisotopic (exact) mass is 280 g/mol. The van der Waals surface area contributed by atoms with Gasteiger partial charge in [0.05, 0.1) is 5.41 Å². The number of carbonyl (C=O) groups excluding carboxylic acids is 1. The summed E-state index contributed by atoms with van der Waals surface area (Å²) in [4.78, 5) is 23.3. The summed E-state index contributed by atoms with van der Waals surface area (Å²) in [5, 5.41) is 15.7. The molecule has 5 nitrogen and oxygen atoms in total. The van der Waals surface area contributed by atoms with E-state index >= 15 is 0 Å². The van der Waals surface area contributed by atoms with Gasteiger partial charge in [-0.25, -0.2) is 0 Å².